The maximum Gasteiger partial charge on any atom is 0.102 e. The van der Waals surface area contributed by atoms with E-state index >= 15 is 0 Å². The van der Waals surface area contributed by atoms with E-state index in [2.05, 4.69) is 88.5 Å². The molecule has 0 amide bonds. The van der Waals surface area contributed by atoms with Crippen molar-refractivity contribution in [2.75, 3.05) is 27.7 Å². The van der Waals surface area contributed by atoms with Crippen molar-refractivity contribution in [3.63, 3.8) is 0 Å². The molecule has 3 N–H and O–H groups in total. The lowest BCUT2D eigenvalue weighted by atomic mass is 10.0. The molecule has 4 heteroatoms. The number of nitrogens with one attached hydrogen (secondary N) is 3. The van der Waals surface area contributed by atoms with Gasteiger partial charge in [0, 0.05) is 36.3 Å². The van der Waals surface area contributed by atoms with Gasteiger partial charge in [0.15, 0.2) is 0 Å². The third kappa shape index (κ3) is 6.63. The summed E-state index contributed by atoms with van der Waals surface area (Å²) in [5.41, 5.74) is 4.97. The number of ether oxygens (including phenoxy) is 1. The van der Waals surface area contributed by atoms with Gasteiger partial charge in [-0.3, -0.25) is 0 Å². The van der Waals surface area contributed by atoms with Crippen LogP contribution in [0.1, 0.15) is 18.6 Å². The fourth-order valence-electron chi connectivity index (χ4n) is 3.50. The molecule has 3 aromatic carbocycles. The minimum atomic E-state index is 0. The Balaban J connectivity index is 0.000000220. The van der Waals surface area contributed by atoms with Gasteiger partial charge < -0.3 is 20.4 Å². The molecule has 164 valence electrons. The van der Waals surface area contributed by atoms with Crippen molar-refractivity contribution in [1.29, 1.82) is 0 Å². The Morgan fingerprint density at radius 1 is 0.968 bits per heavy atom. The van der Waals surface area contributed by atoms with Gasteiger partial charge in [-0.15, -0.1) is 0 Å². The van der Waals surface area contributed by atoms with Crippen LogP contribution in [-0.4, -0.2) is 32.7 Å². The highest BCUT2D eigenvalue weighted by molar-refractivity contribution is 5.83. The van der Waals surface area contributed by atoms with Crippen molar-refractivity contribution < 1.29 is 4.74 Å². The number of H-pyrrole nitrogens is 1. The first-order valence-corrected chi connectivity index (χ1v) is 10.3. The number of aromatic nitrogens is 1. The first-order chi connectivity index (χ1) is 14.7. The zero-order valence-electron chi connectivity index (χ0n) is 18.0. The summed E-state index contributed by atoms with van der Waals surface area (Å²) in [4.78, 5) is 3.27. The van der Waals surface area contributed by atoms with E-state index in [4.69, 9.17) is 4.74 Å². The lowest BCUT2D eigenvalue weighted by Gasteiger charge is -2.07. The number of rotatable bonds is 7. The molecule has 1 aromatic heterocycles. The number of aromatic amines is 1. The molecule has 0 bridgehead atoms. The molecule has 4 rings (SSSR count). The number of methoxy groups -OCH3 is 1. The molecule has 0 atom stereocenters. The zero-order valence-corrected chi connectivity index (χ0v) is 18.0. The summed E-state index contributed by atoms with van der Waals surface area (Å²) in [5.74, 6) is 0. The summed E-state index contributed by atoms with van der Waals surface area (Å²) in [6, 6.07) is 23.3. The summed E-state index contributed by atoms with van der Waals surface area (Å²) in [7, 11) is 5.55. The summed E-state index contributed by atoms with van der Waals surface area (Å²) in [6.45, 7) is 1.03. The molecule has 0 aliphatic carbocycles. The van der Waals surface area contributed by atoms with E-state index in [0.29, 0.717) is 0 Å². The molecule has 4 aromatic rings. The number of para-hydroxylation sites is 1. The lowest BCUT2D eigenvalue weighted by Crippen LogP contribution is -2.09. The van der Waals surface area contributed by atoms with E-state index in [1.807, 2.05) is 14.1 Å². The van der Waals surface area contributed by atoms with Crippen LogP contribution in [0, 0.1) is 0 Å². The SMILES string of the molecule is C.CN/C(=C/OC)Cc1ccc2ccccc2c1.CNCCc1c[nH]c2ccccc12. The Labute approximate surface area is 186 Å². The van der Waals surface area contributed by atoms with Gasteiger partial charge in [0.2, 0.25) is 0 Å². The first-order valence-electron chi connectivity index (χ1n) is 10.3. The fraction of sp³-hybridized carbons (Fsp3) is 0.259. The number of allylic oxidation sites excluding steroid dienone is 1. The second kappa shape index (κ2) is 12.5. The van der Waals surface area contributed by atoms with E-state index in [1.54, 1.807) is 13.4 Å². The summed E-state index contributed by atoms with van der Waals surface area (Å²) in [6.07, 6.45) is 5.78. The molecule has 0 aliphatic heterocycles. The van der Waals surface area contributed by atoms with Gasteiger partial charge in [-0.1, -0.05) is 68.1 Å². The van der Waals surface area contributed by atoms with E-state index < -0.39 is 0 Å². The molecular weight excluding hydrogens is 382 g/mol. The Morgan fingerprint density at radius 2 is 1.71 bits per heavy atom. The molecule has 31 heavy (non-hydrogen) atoms. The highest BCUT2D eigenvalue weighted by Crippen LogP contribution is 2.18. The smallest absolute Gasteiger partial charge is 0.102 e. The molecule has 0 saturated carbocycles. The van der Waals surface area contributed by atoms with Crippen LogP contribution in [0.3, 0.4) is 0 Å². The van der Waals surface area contributed by atoms with Crippen LogP contribution >= 0.6 is 0 Å². The molecule has 0 saturated heterocycles. The quantitative estimate of drug-likeness (QED) is 0.340. The van der Waals surface area contributed by atoms with Crippen LogP contribution in [0.25, 0.3) is 21.7 Å². The van der Waals surface area contributed by atoms with Crippen LogP contribution in [0.4, 0.5) is 0 Å². The highest BCUT2D eigenvalue weighted by Gasteiger charge is 2.01. The average Bonchev–Trinajstić information content (AvgIpc) is 3.21. The topological polar surface area (TPSA) is 49.1 Å². The zero-order chi connectivity index (χ0) is 21.2. The number of hydrogen-bond acceptors (Lipinski definition) is 3. The van der Waals surface area contributed by atoms with E-state index in [-0.39, 0.29) is 7.43 Å². The molecule has 0 unspecified atom stereocenters. The summed E-state index contributed by atoms with van der Waals surface area (Å²) in [5, 5.41) is 10.2. The van der Waals surface area contributed by atoms with Gasteiger partial charge in [-0.25, -0.2) is 0 Å². The second-order valence-electron chi connectivity index (χ2n) is 7.20. The van der Waals surface area contributed by atoms with Crippen LogP contribution in [-0.2, 0) is 17.6 Å². The Hall–Kier alpha value is -3.24. The average molecular weight is 418 g/mol. The fourth-order valence-corrected chi connectivity index (χ4v) is 3.50. The minimum Gasteiger partial charge on any atom is -0.503 e. The molecule has 1 heterocycles. The molecule has 0 radical (unpaired) electrons. The van der Waals surface area contributed by atoms with Crippen molar-refractivity contribution in [2.45, 2.75) is 20.3 Å². The number of fused-ring (bicyclic) bond motifs is 2. The van der Waals surface area contributed by atoms with Crippen LogP contribution in [0.5, 0.6) is 0 Å². The van der Waals surface area contributed by atoms with E-state index in [0.717, 1.165) is 25.1 Å². The Bertz CT molecular complexity index is 1100. The number of hydrogen-bond donors (Lipinski definition) is 3. The van der Waals surface area contributed by atoms with Crippen molar-refractivity contribution in [2.24, 2.45) is 0 Å². The predicted octanol–water partition coefficient (Wildman–Crippen LogP) is 5.66. The van der Waals surface area contributed by atoms with Gasteiger partial charge in [0.25, 0.3) is 0 Å². The first kappa shape index (κ1) is 24.0. The summed E-state index contributed by atoms with van der Waals surface area (Å²) >= 11 is 0. The van der Waals surface area contributed by atoms with Gasteiger partial charge >= 0.3 is 0 Å². The molecular formula is C27H35N3O. The van der Waals surface area contributed by atoms with E-state index in [9.17, 15) is 0 Å². The maximum absolute atomic E-state index is 5.03. The summed E-state index contributed by atoms with van der Waals surface area (Å²) < 4.78 is 5.03. The molecule has 0 spiro atoms. The van der Waals surface area contributed by atoms with Crippen molar-refractivity contribution in [3.05, 3.63) is 96.0 Å². The second-order valence-corrected chi connectivity index (χ2v) is 7.20. The minimum absolute atomic E-state index is 0. The van der Waals surface area contributed by atoms with E-state index in [1.165, 1.54) is 32.8 Å². The normalized spacial score (nSPS) is 10.9. The molecule has 0 aliphatic rings. The van der Waals surface area contributed by atoms with Gasteiger partial charge in [0.05, 0.1) is 7.11 Å². The highest BCUT2D eigenvalue weighted by atomic mass is 16.5. The van der Waals surface area contributed by atoms with Crippen LogP contribution in [0.2, 0.25) is 0 Å². The van der Waals surface area contributed by atoms with Gasteiger partial charge in [-0.05, 0) is 48.0 Å². The van der Waals surface area contributed by atoms with Crippen LogP contribution in [0.15, 0.2) is 84.9 Å². The van der Waals surface area contributed by atoms with Crippen molar-refractivity contribution >= 4 is 21.7 Å². The Morgan fingerprint density at radius 3 is 2.45 bits per heavy atom. The molecule has 4 nitrogen and oxygen atoms in total. The number of benzene rings is 3. The monoisotopic (exact) mass is 417 g/mol. The van der Waals surface area contributed by atoms with Gasteiger partial charge in [0.1, 0.15) is 6.26 Å². The van der Waals surface area contributed by atoms with Crippen molar-refractivity contribution in [3.8, 4) is 0 Å². The third-order valence-corrected chi connectivity index (χ3v) is 5.11. The largest absolute Gasteiger partial charge is 0.503 e. The lowest BCUT2D eigenvalue weighted by molar-refractivity contribution is 0.330. The predicted molar refractivity (Wildman–Crippen MR) is 134 cm³/mol. The van der Waals surface area contributed by atoms with Gasteiger partial charge in [-0.2, -0.15) is 0 Å². The molecule has 0 fully saturated rings. The maximum atomic E-state index is 5.03. The standard InChI is InChI=1S/C15H17NO.C11H14N2.CH4/c1-16-15(11-17-2)10-12-7-8-13-5-3-4-6-14(13)9-12;1-12-7-6-9-8-13-11-5-3-2-4-10(9)11;/h3-9,11,16H,10H2,1-2H3;2-5,8,12-13H,6-7H2,1H3;1H4/b15-11+;;. The van der Waals surface area contributed by atoms with Crippen molar-refractivity contribution in [1.82, 2.24) is 15.6 Å². The Kier molecular flexibility index (Phi) is 9.66. The third-order valence-electron chi connectivity index (χ3n) is 5.11. The van der Waals surface area contributed by atoms with Crippen LogP contribution < -0.4 is 10.6 Å². The number of likely N-dealkylation sites (N-methyl/N-ethyl adjacent to an activating group) is 2.